The van der Waals surface area contributed by atoms with Gasteiger partial charge in [-0.15, -0.1) is 0 Å². The van der Waals surface area contributed by atoms with E-state index in [0.29, 0.717) is 6.61 Å². The lowest BCUT2D eigenvalue weighted by molar-refractivity contribution is -0.123. The Morgan fingerprint density at radius 3 is 2.62 bits per heavy atom. The van der Waals surface area contributed by atoms with E-state index in [1.54, 1.807) is 27.3 Å². The molecular formula is C9H18N2O2. The van der Waals surface area contributed by atoms with E-state index in [9.17, 15) is 4.79 Å². The molecule has 0 aliphatic carbocycles. The third-order valence-electron chi connectivity index (χ3n) is 1.49. The Bertz CT molecular complexity index is 188. The van der Waals surface area contributed by atoms with Crippen molar-refractivity contribution >= 4 is 5.91 Å². The molecule has 76 valence electrons. The number of hydrogen-bond acceptors (Lipinski definition) is 3. The van der Waals surface area contributed by atoms with Crippen LogP contribution in [0.1, 0.15) is 6.92 Å². The molecule has 13 heavy (non-hydrogen) atoms. The number of nitrogens with one attached hydrogen (secondary N) is 1. The van der Waals surface area contributed by atoms with E-state index < -0.39 is 0 Å². The monoisotopic (exact) mass is 186 g/mol. The Labute approximate surface area is 79.6 Å². The minimum atomic E-state index is -0.0117. The summed E-state index contributed by atoms with van der Waals surface area (Å²) in [6, 6.07) is 0. The molecule has 0 atom stereocenters. The molecule has 0 rings (SSSR count). The average Bonchev–Trinajstić information content (AvgIpc) is 2.04. The van der Waals surface area contributed by atoms with Gasteiger partial charge in [0.25, 0.3) is 0 Å². The van der Waals surface area contributed by atoms with Crippen LogP contribution in [-0.4, -0.2) is 45.2 Å². The lowest BCUT2D eigenvalue weighted by Crippen LogP contribution is -2.23. The zero-order chi connectivity index (χ0) is 10.3. The summed E-state index contributed by atoms with van der Waals surface area (Å²) in [4.78, 5) is 12.7. The molecule has 0 saturated carbocycles. The third kappa shape index (κ3) is 6.16. The second-order valence-electron chi connectivity index (χ2n) is 2.98. The SMILES string of the molecule is COCCN/C(C)=C\C(=O)N(C)C. The summed E-state index contributed by atoms with van der Waals surface area (Å²) in [5.41, 5.74) is 0.857. The topological polar surface area (TPSA) is 41.6 Å². The molecule has 0 aromatic carbocycles. The van der Waals surface area contributed by atoms with Gasteiger partial charge in [-0.2, -0.15) is 0 Å². The van der Waals surface area contributed by atoms with Gasteiger partial charge in [0, 0.05) is 39.5 Å². The maximum atomic E-state index is 11.2. The maximum absolute atomic E-state index is 11.2. The molecule has 4 heteroatoms. The Morgan fingerprint density at radius 1 is 1.54 bits per heavy atom. The van der Waals surface area contributed by atoms with Crippen molar-refractivity contribution in [2.45, 2.75) is 6.92 Å². The van der Waals surface area contributed by atoms with E-state index in [1.807, 2.05) is 6.92 Å². The fourth-order valence-electron chi connectivity index (χ4n) is 0.716. The average molecular weight is 186 g/mol. The molecule has 0 saturated heterocycles. The van der Waals surface area contributed by atoms with Crippen molar-refractivity contribution in [3.05, 3.63) is 11.8 Å². The standard InChI is InChI=1S/C9H18N2O2/c1-8(10-5-6-13-4)7-9(12)11(2)3/h7,10H,5-6H2,1-4H3/b8-7-. The number of methoxy groups -OCH3 is 1. The number of rotatable bonds is 5. The van der Waals surface area contributed by atoms with Crippen molar-refractivity contribution in [1.29, 1.82) is 0 Å². The van der Waals surface area contributed by atoms with Gasteiger partial charge in [0.2, 0.25) is 5.91 Å². The van der Waals surface area contributed by atoms with Gasteiger partial charge in [0.05, 0.1) is 6.61 Å². The van der Waals surface area contributed by atoms with Gasteiger partial charge in [-0.1, -0.05) is 0 Å². The summed E-state index contributed by atoms with van der Waals surface area (Å²) in [5, 5.41) is 3.06. The molecule has 0 aliphatic heterocycles. The second-order valence-corrected chi connectivity index (χ2v) is 2.98. The van der Waals surface area contributed by atoms with Crippen LogP contribution in [0.25, 0.3) is 0 Å². The summed E-state index contributed by atoms with van der Waals surface area (Å²) in [7, 11) is 5.09. The van der Waals surface area contributed by atoms with E-state index in [1.165, 1.54) is 4.90 Å². The smallest absolute Gasteiger partial charge is 0.247 e. The molecular weight excluding hydrogens is 168 g/mol. The van der Waals surface area contributed by atoms with Crippen LogP contribution in [-0.2, 0) is 9.53 Å². The van der Waals surface area contributed by atoms with Crippen LogP contribution >= 0.6 is 0 Å². The lowest BCUT2D eigenvalue weighted by atomic mass is 10.4. The van der Waals surface area contributed by atoms with E-state index in [2.05, 4.69) is 5.32 Å². The molecule has 0 heterocycles. The van der Waals surface area contributed by atoms with Crippen LogP contribution in [0.5, 0.6) is 0 Å². The van der Waals surface area contributed by atoms with Gasteiger partial charge in [-0.3, -0.25) is 4.79 Å². The third-order valence-corrected chi connectivity index (χ3v) is 1.49. The Kier molecular flexibility index (Phi) is 5.97. The van der Waals surface area contributed by atoms with Crippen LogP contribution in [0, 0.1) is 0 Å². The molecule has 1 amide bonds. The molecule has 0 spiro atoms. The summed E-state index contributed by atoms with van der Waals surface area (Å²) in [6.45, 7) is 3.22. The fraction of sp³-hybridized carbons (Fsp3) is 0.667. The number of allylic oxidation sites excluding steroid dienone is 1. The van der Waals surface area contributed by atoms with Crippen LogP contribution < -0.4 is 5.32 Å². The highest BCUT2D eigenvalue weighted by molar-refractivity contribution is 5.87. The van der Waals surface area contributed by atoms with Crippen molar-refractivity contribution in [3.8, 4) is 0 Å². The van der Waals surface area contributed by atoms with Crippen LogP contribution in [0.15, 0.2) is 11.8 Å². The highest BCUT2D eigenvalue weighted by Crippen LogP contribution is 1.89. The predicted molar refractivity (Wildman–Crippen MR) is 52.3 cm³/mol. The van der Waals surface area contributed by atoms with Gasteiger partial charge in [-0.25, -0.2) is 0 Å². The number of nitrogens with zero attached hydrogens (tertiary/aromatic N) is 1. The minimum absolute atomic E-state index is 0.0117. The van der Waals surface area contributed by atoms with Gasteiger partial charge in [0.1, 0.15) is 0 Å². The number of likely N-dealkylation sites (N-methyl/N-ethyl adjacent to an activating group) is 1. The molecule has 0 aromatic rings. The molecule has 0 fully saturated rings. The van der Waals surface area contributed by atoms with E-state index in [-0.39, 0.29) is 5.91 Å². The van der Waals surface area contributed by atoms with Crippen molar-refractivity contribution in [1.82, 2.24) is 10.2 Å². The highest BCUT2D eigenvalue weighted by atomic mass is 16.5. The summed E-state index contributed by atoms with van der Waals surface area (Å²) in [6.07, 6.45) is 1.57. The number of carbonyl (C=O) groups is 1. The van der Waals surface area contributed by atoms with Crippen molar-refractivity contribution in [2.75, 3.05) is 34.4 Å². The largest absolute Gasteiger partial charge is 0.386 e. The molecule has 0 aliphatic rings. The molecule has 1 N–H and O–H groups in total. The van der Waals surface area contributed by atoms with Gasteiger partial charge >= 0.3 is 0 Å². The summed E-state index contributed by atoms with van der Waals surface area (Å²) < 4.78 is 4.86. The van der Waals surface area contributed by atoms with Crippen molar-refractivity contribution in [2.24, 2.45) is 0 Å². The molecule has 0 aromatic heterocycles. The Balaban J connectivity index is 3.81. The second kappa shape index (κ2) is 6.48. The Morgan fingerprint density at radius 2 is 2.15 bits per heavy atom. The van der Waals surface area contributed by atoms with Crippen molar-refractivity contribution in [3.63, 3.8) is 0 Å². The zero-order valence-corrected chi connectivity index (χ0v) is 8.76. The lowest BCUT2D eigenvalue weighted by Gasteiger charge is -2.09. The molecule has 0 unspecified atom stereocenters. The van der Waals surface area contributed by atoms with Crippen LogP contribution in [0.4, 0.5) is 0 Å². The summed E-state index contributed by atoms with van der Waals surface area (Å²) in [5.74, 6) is -0.0117. The predicted octanol–water partition coefficient (Wildman–Crippen LogP) is 0.214. The van der Waals surface area contributed by atoms with E-state index >= 15 is 0 Å². The van der Waals surface area contributed by atoms with Gasteiger partial charge in [0.15, 0.2) is 0 Å². The number of amides is 1. The maximum Gasteiger partial charge on any atom is 0.247 e. The first-order valence-electron chi connectivity index (χ1n) is 4.20. The normalized spacial score (nSPS) is 11.2. The van der Waals surface area contributed by atoms with Gasteiger partial charge in [-0.05, 0) is 6.92 Å². The van der Waals surface area contributed by atoms with E-state index in [4.69, 9.17) is 4.74 Å². The quantitative estimate of drug-likeness (QED) is 0.493. The minimum Gasteiger partial charge on any atom is -0.386 e. The zero-order valence-electron chi connectivity index (χ0n) is 8.76. The fourth-order valence-corrected chi connectivity index (χ4v) is 0.716. The molecule has 0 radical (unpaired) electrons. The molecule has 4 nitrogen and oxygen atoms in total. The van der Waals surface area contributed by atoms with Crippen LogP contribution in [0.3, 0.4) is 0 Å². The highest BCUT2D eigenvalue weighted by Gasteiger charge is 1.98. The van der Waals surface area contributed by atoms with Gasteiger partial charge < -0.3 is 15.0 Å². The number of hydrogen-bond donors (Lipinski definition) is 1. The number of ether oxygens (including phenoxy) is 1. The van der Waals surface area contributed by atoms with E-state index in [0.717, 1.165) is 12.2 Å². The first-order chi connectivity index (χ1) is 6.07. The number of carbonyl (C=O) groups excluding carboxylic acids is 1. The Hall–Kier alpha value is -1.03. The first kappa shape index (κ1) is 12.0. The van der Waals surface area contributed by atoms with Crippen molar-refractivity contribution < 1.29 is 9.53 Å². The molecule has 0 bridgehead atoms. The summed E-state index contributed by atoms with van der Waals surface area (Å²) >= 11 is 0. The first-order valence-corrected chi connectivity index (χ1v) is 4.20. The van der Waals surface area contributed by atoms with Crippen LogP contribution in [0.2, 0.25) is 0 Å².